The van der Waals surface area contributed by atoms with Crippen LogP contribution in [0.15, 0.2) is 72.8 Å². The van der Waals surface area contributed by atoms with Gasteiger partial charge in [-0.25, -0.2) is 0 Å². The number of hydrogen-bond donors (Lipinski definition) is 1. The van der Waals surface area contributed by atoms with E-state index in [0.717, 1.165) is 49.2 Å². The molecule has 0 spiro atoms. The summed E-state index contributed by atoms with van der Waals surface area (Å²) < 4.78 is 5.67. The maximum atomic E-state index is 14.0. The SMILES string of the molecule is COc1c(C)cccc1C(=O)N1Cc2ccccc2NCC[C@@H]2CC[C@H](C1)N2Cc1ccccc1. The lowest BCUT2D eigenvalue weighted by atomic mass is 10.1. The smallest absolute Gasteiger partial charge is 0.257 e. The third-order valence-electron chi connectivity index (χ3n) is 7.52. The standard InChI is InChI=1S/C30H35N3O2/c1-22-9-8-13-27(29(22)35-2)30(34)32-20-24-12-6-7-14-28(24)31-18-17-25-15-16-26(21-32)33(25)19-23-10-4-3-5-11-23/h3-14,25-26,31H,15-21H2,1-2H3/t25-,26+/m0/s1. The quantitative estimate of drug-likeness (QED) is 0.548. The largest absolute Gasteiger partial charge is 0.496 e. The molecule has 2 aliphatic heterocycles. The van der Waals surface area contributed by atoms with Gasteiger partial charge in [-0.05, 0) is 55.0 Å². The minimum absolute atomic E-state index is 0.0303. The second-order valence-electron chi connectivity index (χ2n) is 9.76. The fourth-order valence-electron chi connectivity index (χ4n) is 5.72. The van der Waals surface area contributed by atoms with Gasteiger partial charge in [0.15, 0.2) is 0 Å². The molecule has 0 aliphatic carbocycles. The van der Waals surface area contributed by atoms with Crippen LogP contribution in [0.1, 0.15) is 46.3 Å². The number of aryl methyl sites for hydroxylation is 1. The van der Waals surface area contributed by atoms with Crippen LogP contribution in [0.5, 0.6) is 5.75 Å². The molecule has 2 atom stereocenters. The molecular weight excluding hydrogens is 434 g/mol. The van der Waals surface area contributed by atoms with Crippen LogP contribution in [0, 0.1) is 6.92 Å². The third-order valence-corrected chi connectivity index (χ3v) is 7.52. The van der Waals surface area contributed by atoms with Gasteiger partial charge >= 0.3 is 0 Å². The number of carbonyl (C=O) groups excluding carboxylic acids is 1. The van der Waals surface area contributed by atoms with Gasteiger partial charge in [0.05, 0.1) is 12.7 Å². The Labute approximate surface area is 208 Å². The third kappa shape index (κ3) is 5.06. The van der Waals surface area contributed by atoms with Crippen molar-refractivity contribution >= 4 is 11.6 Å². The molecule has 3 aromatic rings. The lowest BCUT2D eigenvalue weighted by Gasteiger charge is -2.34. The average molecular weight is 470 g/mol. The highest BCUT2D eigenvalue weighted by atomic mass is 16.5. The summed E-state index contributed by atoms with van der Waals surface area (Å²) in [6, 6.07) is 25.8. The summed E-state index contributed by atoms with van der Waals surface area (Å²) in [5, 5.41) is 3.67. The highest BCUT2D eigenvalue weighted by Crippen LogP contribution is 2.32. The molecule has 5 heteroatoms. The first kappa shape index (κ1) is 23.4. The number of benzene rings is 3. The average Bonchev–Trinajstić information content (AvgIpc) is 3.23. The van der Waals surface area contributed by atoms with Gasteiger partial charge in [0.25, 0.3) is 5.91 Å². The summed E-state index contributed by atoms with van der Waals surface area (Å²) in [4.78, 5) is 18.7. The summed E-state index contributed by atoms with van der Waals surface area (Å²) >= 11 is 0. The lowest BCUT2D eigenvalue weighted by molar-refractivity contribution is 0.0660. The Bertz CT molecular complexity index is 1160. The topological polar surface area (TPSA) is 44.8 Å². The van der Waals surface area contributed by atoms with Crippen LogP contribution in [-0.4, -0.2) is 48.0 Å². The zero-order valence-corrected chi connectivity index (χ0v) is 20.7. The number of fused-ring (bicyclic) bond motifs is 3. The molecular formula is C30H35N3O2. The van der Waals surface area contributed by atoms with Gasteiger partial charge in [0, 0.05) is 44.0 Å². The molecule has 2 bridgehead atoms. The van der Waals surface area contributed by atoms with E-state index in [0.29, 0.717) is 36.5 Å². The molecule has 1 saturated heterocycles. The number of methoxy groups -OCH3 is 1. The second kappa shape index (κ2) is 10.5. The van der Waals surface area contributed by atoms with Crippen molar-refractivity contribution in [3.8, 4) is 5.75 Å². The van der Waals surface area contributed by atoms with Crippen molar-refractivity contribution < 1.29 is 9.53 Å². The van der Waals surface area contributed by atoms with Crippen LogP contribution in [0.2, 0.25) is 0 Å². The first-order valence-corrected chi connectivity index (χ1v) is 12.7. The number of nitrogens with zero attached hydrogens (tertiary/aromatic N) is 2. The summed E-state index contributed by atoms with van der Waals surface area (Å²) in [5.74, 6) is 0.700. The summed E-state index contributed by atoms with van der Waals surface area (Å²) in [5.41, 5.74) is 5.21. The molecule has 35 heavy (non-hydrogen) atoms. The molecule has 0 saturated carbocycles. The van der Waals surface area contributed by atoms with E-state index in [2.05, 4.69) is 64.8 Å². The first-order chi connectivity index (χ1) is 17.1. The predicted octanol–water partition coefficient (Wildman–Crippen LogP) is 5.49. The molecule has 2 aliphatic rings. The predicted molar refractivity (Wildman–Crippen MR) is 141 cm³/mol. The van der Waals surface area contributed by atoms with E-state index in [1.165, 1.54) is 5.56 Å². The van der Waals surface area contributed by atoms with Crippen LogP contribution in [-0.2, 0) is 13.1 Å². The highest BCUT2D eigenvalue weighted by molar-refractivity contribution is 5.97. The zero-order chi connectivity index (χ0) is 24.2. The van der Waals surface area contributed by atoms with Crippen LogP contribution in [0.25, 0.3) is 0 Å². The highest BCUT2D eigenvalue weighted by Gasteiger charge is 2.36. The first-order valence-electron chi connectivity index (χ1n) is 12.7. The lowest BCUT2D eigenvalue weighted by Crippen LogP contribution is -2.44. The molecule has 2 heterocycles. The number of nitrogens with one attached hydrogen (secondary N) is 1. The monoisotopic (exact) mass is 469 g/mol. The van der Waals surface area contributed by atoms with Gasteiger partial charge < -0.3 is 15.0 Å². The van der Waals surface area contributed by atoms with E-state index in [-0.39, 0.29) is 5.91 Å². The van der Waals surface area contributed by atoms with Crippen molar-refractivity contribution in [2.45, 2.75) is 51.4 Å². The van der Waals surface area contributed by atoms with E-state index >= 15 is 0 Å². The van der Waals surface area contributed by atoms with Crippen molar-refractivity contribution in [1.82, 2.24) is 9.80 Å². The summed E-state index contributed by atoms with van der Waals surface area (Å²) in [6.07, 6.45) is 3.36. The van der Waals surface area contributed by atoms with Crippen LogP contribution in [0.3, 0.4) is 0 Å². The summed E-state index contributed by atoms with van der Waals surface area (Å²) in [6.45, 7) is 5.11. The second-order valence-corrected chi connectivity index (χ2v) is 9.76. The Hall–Kier alpha value is -3.31. The van der Waals surface area contributed by atoms with E-state index in [1.807, 2.05) is 30.0 Å². The van der Waals surface area contributed by atoms with Crippen molar-refractivity contribution in [2.75, 3.05) is 25.5 Å². The van der Waals surface area contributed by atoms with Crippen molar-refractivity contribution in [3.63, 3.8) is 0 Å². The maximum absolute atomic E-state index is 14.0. The number of amides is 1. The Kier molecular flexibility index (Phi) is 7.05. The number of ether oxygens (including phenoxy) is 1. The molecule has 5 nitrogen and oxygen atoms in total. The van der Waals surface area contributed by atoms with Gasteiger partial charge in [0.2, 0.25) is 0 Å². The minimum Gasteiger partial charge on any atom is -0.496 e. The molecule has 0 radical (unpaired) electrons. The number of anilines is 1. The van der Waals surface area contributed by atoms with Crippen LogP contribution in [0.4, 0.5) is 5.69 Å². The normalized spacial score (nSPS) is 20.5. The summed E-state index contributed by atoms with van der Waals surface area (Å²) in [7, 11) is 1.65. The minimum atomic E-state index is 0.0303. The number of carbonyl (C=O) groups is 1. The van der Waals surface area contributed by atoms with E-state index in [9.17, 15) is 4.79 Å². The Balaban J connectivity index is 1.50. The van der Waals surface area contributed by atoms with Crippen molar-refractivity contribution in [1.29, 1.82) is 0 Å². The molecule has 5 rings (SSSR count). The Morgan fingerprint density at radius 2 is 1.71 bits per heavy atom. The van der Waals surface area contributed by atoms with Crippen molar-refractivity contribution in [3.05, 3.63) is 95.1 Å². The molecule has 1 amide bonds. The molecule has 182 valence electrons. The fourth-order valence-corrected chi connectivity index (χ4v) is 5.72. The van der Waals surface area contributed by atoms with Gasteiger partial charge in [-0.15, -0.1) is 0 Å². The van der Waals surface area contributed by atoms with Gasteiger partial charge in [0.1, 0.15) is 5.75 Å². The molecule has 0 aromatic heterocycles. The van der Waals surface area contributed by atoms with Crippen molar-refractivity contribution in [2.24, 2.45) is 0 Å². The van der Waals surface area contributed by atoms with E-state index in [4.69, 9.17) is 4.74 Å². The zero-order valence-electron chi connectivity index (χ0n) is 20.7. The molecule has 1 N–H and O–H groups in total. The Morgan fingerprint density at radius 3 is 2.54 bits per heavy atom. The van der Waals surface area contributed by atoms with Crippen LogP contribution < -0.4 is 10.1 Å². The van der Waals surface area contributed by atoms with Gasteiger partial charge in [-0.2, -0.15) is 0 Å². The number of rotatable bonds is 4. The van der Waals surface area contributed by atoms with Gasteiger partial charge in [-0.3, -0.25) is 9.69 Å². The van der Waals surface area contributed by atoms with Gasteiger partial charge in [-0.1, -0.05) is 60.7 Å². The number of para-hydroxylation sites is 2. The molecule has 3 aromatic carbocycles. The van der Waals surface area contributed by atoms with Crippen LogP contribution >= 0.6 is 0 Å². The van der Waals surface area contributed by atoms with E-state index < -0.39 is 0 Å². The fraction of sp³-hybridized carbons (Fsp3) is 0.367. The maximum Gasteiger partial charge on any atom is 0.257 e. The Morgan fingerprint density at radius 1 is 0.943 bits per heavy atom. The molecule has 0 unspecified atom stereocenters. The van der Waals surface area contributed by atoms with E-state index in [1.54, 1.807) is 7.11 Å². The molecule has 1 fully saturated rings. The number of hydrogen-bond acceptors (Lipinski definition) is 4.